The summed E-state index contributed by atoms with van der Waals surface area (Å²) in [6.45, 7) is 1.42. The zero-order chi connectivity index (χ0) is 11.5. The predicted octanol–water partition coefficient (Wildman–Crippen LogP) is 0.765. The summed E-state index contributed by atoms with van der Waals surface area (Å²) in [6.07, 6.45) is 0. The maximum atomic E-state index is 11.1. The van der Waals surface area contributed by atoms with Crippen LogP contribution in [0, 0.1) is 0 Å². The molecule has 0 radical (unpaired) electrons. The fraction of sp³-hybridized carbons (Fsp3) is 0.222. The lowest BCUT2D eigenvalue weighted by Crippen LogP contribution is -2.26. The monoisotopic (exact) mass is 228 g/mol. The molecule has 0 unspecified atom stereocenters. The summed E-state index contributed by atoms with van der Waals surface area (Å²) in [5, 5.41) is 0. The number of ketones is 1. The number of hydrogen-bond donors (Lipinski definition) is 2. The van der Waals surface area contributed by atoms with Crippen LogP contribution in [0.25, 0.3) is 0 Å². The highest BCUT2D eigenvalue weighted by Crippen LogP contribution is 2.11. The lowest BCUT2D eigenvalue weighted by molar-refractivity contribution is 0.101. The summed E-state index contributed by atoms with van der Waals surface area (Å²) in [6, 6.07) is 6.29. The van der Waals surface area contributed by atoms with Crippen LogP contribution in [-0.4, -0.2) is 21.2 Å². The molecule has 0 aliphatic rings. The lowest BCUT2D eigenvalue weighted by atomic mass is 10.1. The number of anilines is 1. The van der Waals surface area contributed by atoms with Crippen molar-refractivity contribution in [3.8, 4) is 0 Å². The van der Waals surface area contributed by atoms with Gasteiger partial charge in [-0.05, 0) is 19.1 Å². The molecule has 6 heteroatoms. The third kappa shape index (κ3) is 3.34. The number of carbonyl (C=O) groups is 1. The Hall–Kier alpha value is -1.40. The topological polar surface area (TPSA) is 75.3 Å². The van der Waals surface area contributed by atoms with E-state index in [1.807, 2.05) is 0 Å². The largest absolute Gasteiger partial charge is 0.298 e. The Morgan fingerprint density at radius 3 is 2.53 bits per heavy atom. The standard InChI is InChI=1S/C9H12N2O3S/c1-7(12)8-4-3-5-9(6-8)11-15(13,14)10-2/h3-6,10-11H,1-2H3. The van der Waals surface area contributed by atoms with E-state index in [1.54, 1.807) is 18.2 Å². The van der Waals surface area contributed by atoms with Gasteiger partial charge < -0.3 is 0 Å². The maximum Gasteiger partial charge on any atom is 0.298 e. The molecule has 0 atom stereocenters. The predicted molar refractivity (Wildman–Crippen MR) is 58.0 cm³/mol. The van der Waals surface area contributed by atoms with Crippen LogP contribution < -0.4 is 9.44 Å². The van der Waals surface area contributed by atoms with Crippen molar-refractivity contribution < 1.29 is 13.2 Å². The zero-order valence-electron chi connectivity index (χ0n) is 8.44. The molecule has 0 heterocycles. The van der Waals surface area contributed by atoms with E-state index in [1.165, 1.54) is 20.0 Å². The first-order valence-electron chi connectivity index (χ1n) is 4.27. The van der Waals surface area contributed by atoms with Gasteiger partial charge in [-0.1, -0.05) is 12.1 Å². The summed E-state index contributed by atoms with van der Waals surface area (Å²) in [4.78, 5) is 11.0. The molecule has 0 fully saturated rings. The Labute approximate surface area is 88.7 Å². The minimum Gasteiger partial charge on any atom is -0.295 e. The second-order valence-corrected chi connectivity index (χ2v) is 4.57. The van der Waals surface area contributed by atoms with Crippen molar-refractivity contribution in [2.75, 3.05) is 11.8 Å². The molecule has 0 aliphatic carbocycles. The quantitative estimate of drug-likeness (QED) is 0.747. The van der Waals surface area contributed by atoms with Crippen molar-refractivity contribution in [3.63, 3.8) is 0 Å². The summed E-state index contributed by atoms with van der Waals surface area (Å²) in [5.74, 6) is -0.111. The Morgan fingerprint density at radius 1 is 1.33 bits per heavy atom. The number of benzene rings is 1. The van der Waals surface area contributed by atoms with Gasteiger partial charge in [0.2, 0.25) is 0 Å². The van der Waals surface area contributed by atoms with Crippen LogP contribution in [0.5, 0.6) is 0 Å². The molecule has 0 spiro atoms. The molecular weight excluding hydrogens is 216 g/mol. The normalized spacial score (nSPS) is 11.1. The van der Waals surface area contributed by atoms with Crippen LogP contribution in [-0.2, 0) is 10.2 Å². The molecule has 0 saturated carbocycles. The van der Waals surface area contributed by atoms with Gasteiger partial charge in [0, 0.05) is 12.6 Å². The zero-order valence-corrected chi connectivity index (χ0v) is 9.26. The van der Waals surface area contributed by atoms with Gasteiger partial charge in [0.1, 0.15) is 0 Å². The molecule has 1 rings (SSSR count). The molecular formula is C9H12N2O3S. The minimum atomic E-state index is -3.53. The van der Waals surface area contributed by atoms with Crippen molar-refractivity contribution >= 4 is 21.7 Å². The van der Waals surface area contributed by atoms with Gasteiger partial charge in [-0.2, -0.15) is 8.42 Å². The smallest absolute Gasteiger partial charge is 0.295 e. The molecule has 5 nitrogen and oxygen atoms in total. The average Bonchev–Trinajstić information content (AvgIpc) is 2.17. The van der Waals surface area contributed by atoms with Crippen molar-refractivity contribution in [2.24, 2.45) is 0 Å². The lowest BCUT2D eigenvalue weighted by Gasteiger charge is -2.06. The van der Waals surface area contributed by atoms with Crippen LogP contribution in [0.3, 0.4) is 0 Å². The van der Waals surface area contributed by atoms with Gasteiger partial charge in [-0.3, -0.25) is 9.52 Å². The third-order valence-electron chi connectivity index (χ3n) is 1.79. The maximum absolute atomic E-state index is 11.1. The van der Waals surface area contributed by atoms with Gasteiger partial charge in [-0.15, -0.1) is 0 Å². The van der Waals surface area contributed by atoms with Crippen molar-refractivity contribution in [3.05, 3.63) is 29.8 Å². The van der Waals surface area contributed by atoms with E-state index in [0.717, 1.165) is 0 Å². The molecule has 0 amide bonds. The van der Waals surface area contributed by atoms with Crippen molar-refractivity contribution in [1.82, 2.24) is 4.72 Å². The molecule has 0 bridgehead atoms. The molecule has 0 aromatic heterocycles. The van der Waals surface area contributed by atoms with Crippen LogP contribution in [0.4, 0.5) is 5.69 Å². The Balaban J connectivity index is 2.97. The molecule has 1 aromatic carbocycles. The van der Waals surface area contributed by atoms with Gasteiger partial charge >= 0.3 is 0 Å². The van der Waals surface area contributed by atoms with Crippen LogP contribution in [0.2, 0.25) is 0 Å². The highest BCUT2D eigenvalue weighted by atomic mass is 32.2. The second-order valence-electron chi connectivity index (χ2n) is 2.95. The fourth-order valence-corrected chi connectivity index (χ4v) is 1.55. The van der Waals surface area contributed by atoms with E-state index in [2.05, 4.69) is 9.44 Å². The number of Topliss-reactive ketones (excluding diaryl/α,β-unsaturated/α-hetero) is 1. The fourth-order valence-electron chi connectivity index (χ4n) is 1.01. The van der Waals surface area contributed by atoms with E-state index in [-0.39, 0.29) is 5.78 Å². The van der Waals surface area contributed by atoms with Gasteiger partial charge in [0.25, 0.3) is 10.2 Å². The molecule has 1 aromatic rings. The Kier molecular flexibility index (Phi) is 3.43. The number of rotatable bonds is 4. The van der Waals surface area contributed by atoms with Gasteiger partial charge in [0.15, 0.2) is 5.78 Å². The highest BCUT2D eigenvalue weighted by Gasteiger charge is 2.07. The van der Waals surface area contributed by atoms with Gasteiger partial charge in [0.05, 0.1) is 5.69 Å². The number of nitrogens with one attached hydrogen (secondary N) is 2. The summed E-state index contributed by atoms with van der Waals surface area (Å²) >= 11 is 0. The molecule has 15 heavy (non-hydrogen) atoms. The first kappa shape index (κ1) is 11.7. The molecule has 0 saturated heterocycles. The minimum absolute atomic E-state index is 0.111. The summed E-state index contributed by atoms with van der Waals surface area (Å²) in [5.41, 5.74) is 0.823. The van der Waals surface area contributed by atoms with E-state index in [0.29, 0.717) is 11.3 Å². The number of hydrogen-bond acceptors (Lipinski definition) is 3. The number of carbonyl (C=O) groups excluding carboxylic acids is 1. The average molecular weight is 228 g/mol. The molecule has 0 aliphatic heterocycles. The first-order chi connectivity index (χ1) is 6.94. The van der Waals surface area contributed by atoms with Crippen molar-refractivity contribution in [1.29, 1.82) is 0 Å². The van der Waals surface area contributed by atoms with Crippen LogP contribution in [0.15, 0.2) is 24.3 Å². The van der Waals surface area contributed by atoms with E-state index in [4.69, 9.17) is 0 Å². The SMILES string of the molecule is CNS(=O)(=O)Nc1cccc(C(C)=O)c1. The van der Waals surface area contributed by atoms with Crippen LogP contribution >= 0.6 is 0 Å². The second kappa shape index (κ2) is 4.41. The Morgan fingerprint density at radius 2 is 2.00 bits per heavy atom. The van der Waals surface area contributed by atoms with Crippen molar-refractivity contribution in [2.45, 2.75) is 6.92 Å². The summed E-state index contributed by atoms with van der Waals surface area (Å²) in [7, 11) is -2.22. The van der Waals surface area contributed by atoms with Gasteiger partial charge in [-0.25, -0.2) is 4.72 Å². The van der Waals surface area contributed by atoms with E-state index >= 15 is 0 Å². The first-order valence-corrected chi connectivity index (χ1v) is 5.75. The highest BCUT2D eigenvalue weighted by molar-refractivity contribution is 7.90. The van der Waals surface area contributed by atoms with Crippen LogP contribution in [0.1, 0.15) is 17.3 Å². The third-order valence-corrected chi connectivity index (χ3v) is 2.83. The molecule has 2 N–H and O–H groups in total. The van der Waals surface area contributed by atoms with E-state index in [9.17, 15) is 13.2 Å². The molecule has 82 valence electrons. The van der Waals surface area contributed by atoms with E-state index < -0.39 is 10.2 Å². The Bertz CT molecular complexity index is 468. The summed E-state index contributed by atoms with van der Waals surface area (Å²) < 4.78 is 26.7.